The predicted octanol–water partition coefficient (Wildman–Crippen LogP) is 3.35. The van der Waals surface area contributed by atoms with Crippen molar-refractivity contribution in [2.45, 2.75) is 26.8 Å². The summed E-state index contributed by atoms with van der Waals surface area (Å²) in [6.45, 7) is 4.01. The molecule has 0 atom stereocenters. The van der Waals surface area contributed by atoms with Crippen LogP contribution in [0.5, 0.6) is 17.4 Å². The van der Waals surface area contributed by atoms with Gasteiger partial charge in [0.05, 0.1) is 19.2 Å². The highest BCUT2D eigenvalue weighted by molar-refractivity contribution is 5.78. The number of methoxy groups -OCH3 is 1. The van der Waals surface area contributed by atoms with Crippen LogP contribution in [0.2, 0.25) is 0 Å². The fourth-order valence-electron chi connectivity index (χ4n) is 2.52. The number of hydrogen-bond acceptors (Lipinski definition) is 6. The number of rotatable bonds is 7. The third-order valence-electron chi connectivity index (χ3n) is 4.09. The first-order valence-corrected chi connectivity index (χ1v) is 8.50. The van der Waals surface area contributed by atoms with Crippen molar-refractivity contribution in [1.82, 2.24) is 15.5 Å². The minimum absolute atomic E-state index is 0.0945. The van der Waals surface area contributed by atoms with Crippen molar-refractivity contribution in [3.63, 3.8) is 0 Å². The number of carbonyl (C=O) groups excluding carboxylic acids is 1. The molecule has 27 heavy (non-hydrogen) atoms. The van der Waals surface area contributed by atoms with Gasteiger partial charge in [-0.15, -0.1) is 0 Å². The Bertz CT molecular complexity index is 882. The average molecular weight is 367 g/mol. The van der Waals surface area contributed by atoms with Gasteiger partial charge in [0.15, 0.2) is 0 Å². The third-order valence-corrected chi connectivity index (χ3v) is 4.09. The third kappa shape index (κ3) is 4.84. The van der Waals surface area contributed by atoms with Gasteiger partial charge in [0.25, 0.3) is 0 Å². The van der Waals surface area contributed by atoms with E-state index in [2.05, 4.69) is 15.5 Å². The Hall–Kier alpha value is -3.35. The van der Waals surface area contributed by atoms with E-state index >= 15 is 0 Å². The van der Waals surface area contributed by atoms with Crippen molar-refractivity contribution in [3.8, 4) is 17.4 Å². The largest absolute Gasteiger partial charge is 0.497 e. The lowest BCUT2D eigenvalue weighted by Gasteiger charge is -2.08. The van der Waals surface area contributed by atoms with Crippen LogP contribution in [0, 0.1) is 13.8 Å². The van der Waals surface area contributed by atoms with Crippen molar-refractivity contribution < 1.29 is 18.8 Å². The lowest BCUT2D eigenvalue weighted by Crippen LogP contribution is -2.25. The summed E-state index contributed by atoms with van der Waals surface area (Å²) >= 11 is 0. The number of aryl methyl sites for hydroxylation is 2. The summed E-state index contributed by atoms with van der Waals surface area (Å²) in [4.78, 5) is 16.4. The maximum absolute atomic E-state index is 12.1. The van der Waals surface area contributed by atoms with Gasteiger partial charge in [-0.05, 0) is 43.7 Å². The molecule has 0 bridgehead atoms. The highest BCUT2D eigenvalue weighted by Gasteiger charge is 2.13. The molecule has 3 aromatic rings. The molecular formula is C20H21N3O4. The predicted molar refractivity (Wildman–Crippen MR) is 98.8 cm³/mol. The van der Waals surface area contributed by atoms with Gasteiger partial charge < -0.3 is 19.3 Å². The normalized spacial score (nSPS) is 10.5. The van der Waals surface area contributed by atoms with Crippen LogP contribution >= 0.6 is 0 Å². The molecule has 1 aromatic carbocycles. The number of pyridine rings is 1. The number of hydrogen-bond donors (Lipinski definition) is 1. The fourth-order valence-corrected chi connectivity index (χ4v) is 2.52. The van der Waals surface area contributed by atoms with Gasteiger partial charge in [-0.2, -0.15) is 0 Å². The molecule has 1 N–H and O–H groups in total. The van der Waals surface area contributed by atoms with Gasteiger partial charge in [0.2, 0.25) is 11.8 Å². The number of nitrogens with one attached hydrogen (secondary N) is 1. The minimum atomic E-state index is -0.0945. The van der Waals surface area contributed by atoms with E-state index in [0.29, 0.717) is 23.9 Å². The van der Waals surface area contributed by atoms with Crippen LogP contribution in [0.25, 0.3) is 0 Å². The molecule has 0 aliphatic carbocycles. The number of amides is 1. The van der Waals surface area contributed by atoms with Crippen molar-refractivity contribution in [3.05, 3.63) is 65.2 Å². The Labute approximate surface area is 157 Å². The van der Waals surface area contributed by atoms with E-state index < -0.39 is 0 Å². The number of nitrogens with zero attached hydrogens (tertiary/aromatic N) is 2. The molecule has 3 rings (SSSR count). The van der Waals surface area contributed by atoms with Gasteiger partial charge in [-0.25, -0.2) is 4.98 Å². The first kappa shape index (κ1) is 18.4. The summed E-state index contributed by atoms with van der Waals surface area (Å²) in [5.74, 6) is 2.49. The van der Waals surface area contributed by atoms with E-state index in [9.17, 15) is 4.79 Å². The van der Waals surface area contributed by atoms with Crippen LogP contribution in [0.1, 0.15) is 22.6 Å². The Morgan fingerprint density at radius 3 is 2.44 bits per heavy atom. The summed E-state index contributed by atoms with van der Waals surface area (Å²) in [5, 5.41) is 6.73. The van der Waals surface area contributed by atoms with Crippen molar-refractivity contribution in [2.75, 3.05) is 7.11 Å². The number of benzene rings is 1. The van der Waals surface area contributed by atoms with E-state index in [1.807, 2.05) is 37.3 Å². The Morgan fingerprint density at radius 1 is 1.11 bits per heavy atom. The maximum atomic E-state index is 12.1. The van der Waals surface area contributed by atoms with Crippen molar-refractivity contribution in [2.24, 2.45) is 0 Å². The topological polar surface area (TPSA) is 86.5 Å². The maximum Gasteiger partial charge on any atom is 0.224 e. The smallest absolute Gasteiger partial charge is 0.224 e. The van der Waals surface area contributed by atoms with Gasteiger partial charge in [0.1, 0.15) is 17.3 Å². The summed E-state index contributed by atoms with van der Waals surface area (Å²) in [6, 6.07) is 10.9. The summed E-state index contributed by atoms with van der Waals surface area (Å²) in [6.07, 6.45) is 1.92. The molecule has 2 heterocycles. The second kappa shape index (κ2) is 8.35. The highest BCUT2D eigenvalue weighted by Crippen LogP contribution is 2.22. The number of ether oxygens (including phenoxy) is 2. The fraction of sp³-hybridized carbons (Fsp3) is 0.250. The first-order valence-electron chi connectivity index (χ1n) is 8.50. The highest BCUT2D eigenvalue weighted by atomic mass is 16.5. The Balaban J connectivity index is 1.52. The van der Waals surface area contributed by atoms with Crippen molar-refractivity contribution in [1.29, 1.82) is 0 Å². The van der Waals surface area contributed by atoms with E-state index in [0.717, 1.165) is 22.6 Å². The second-order valence-electron chi connectivity index (χ2n) is 6.04. The van der Waals surface area contributed by atoms with Gasteiger partial charge in [-0.1, -0.05) is 11.2 Å². The van der Waals surface area contributed by atoms with Gasteiger partial charge >= 0.3 is 0 Å². The number of aromatic nitrogens is 2. The van der Waals surface area contributed by atoms with Gasteiger partial charge in [0, 0.05) is 24.4 Å². The Kier molecular flexibility index (Phi) is 5.71. The summed E-state index contributed by atoms with van der Waals surface area (Å²) in [5.41, 5.74) is 2.45. The monoisotopic (exact) mass is 367 g/mol. The van der Waals surface area contributed by atoms with Crippen molar-refractivity contribution >= 4 is 5.91 Å². The van der Waals surface area contributed by atoms with Crippen LogP contribution in [-0.4, -0.2) is 23.2 Å². The summed E-state index contributed by atoms with van der Waals surface area (Å²) in [7, 11) is 1.61. The molecular weight excluding hydrogens is 346 g/mol. The summed E-state index contributed by atoms with van der Waals surface area (Å²) < 4.78 is 15.9. The lowest BCUT2D eigenvalue weighted by atomic mass is 10.1. The van der Waals surface area contributed by atoms with E-state index in [1.54, 1.807) is 26.3 Å². The SMILES string of the molecule is COc1ccc(Oc2ccc(CNC(=O)Cc3c(C)noc3C)cn2)cc1. The molecule has 1 amide bonds. The molecule has 0 radical (unpaired) electrons. The molecule has 0 saturated carbocycles. The van der Waals surface area contributed by atoms with Crippen LogP contribution < -0.4 is 14.8 Å². The van der Waals surface area contributed by atoms with E-state index in [1.165, 1.54) is 0 Å². The lowest BCUT2D eigenvalue weighted by molar-refractivity contribution is -0.120. The zero-order valence-corrected chi connectivity index (χ0v) is 15.5. The molecule has 0 aliphatic rings. The van der Waals surface area contributed by atoms with Crippen LogP contribution in [-0.2, 0) is 17.8 Å². The molecule has 0 spiro atoms. The molecule has 2 aromatic heterocycles. The molecule has 0 unspecified atom stereocenters. The quantitative estimate of drug-likeness (QED) is 0.689. The minimum Gasteiger partial charge on any atom is -0.497 e. The molecule has 0 saturated heterocycles. The molecule has 140 valence electrons. The zero-order chi connectivity index (χ0) is 19.2. The van der Waals surface area contributed by atoms with E-state index in [4.69, 9.17) is 14.0 Å². The van der Waals surface area contributed by atoms with Gasteiger partial charge in [-0.3, -0.25) is 4.79 Å². The molecule has 0 aliphatic heterocycles. The van der Waals surface area contributed by atoms with Crippen LogP contribution in [0.3, 0.4) is 0 Å². The van der Waals surface area contributed by atoms with Crippen LogP contribution in [0.4, 0.5) is 0 Å². The van der Waals surface area contributed by atoms with Crippen LogP contribution in [0.15, 0.2) is 47.1 Å². The number of carbonyl (C=O) groups is 1. The standard InChI is InChI=1S/C20H21N3O4/c1-13-18(14(2)27-23-13)10-19(24)21-11-15-4-9-20(22-12-15)26-17-7-5-16(25-3)6-8-17/h4-9,12H,10-11H2,1-3H3,(H,21,24). The first-order chi connectivity index (χ1) is 13.0. The molecule has 7 heteroatoms. The molecule has 0 fully saturated rings. The molecule has 7 nitrogen and oxygen atoms in total. The second-order valence-corrected chi connectivity index (χ2v) is 6.04. The zero-order valence-electron chi connectivity index (χ0n) is 15.5. The average Bonchev–Trinajstić information content (AvgIpc) is 3.00. The Morgan fingerprint density at radius 2 is 1.85 bits per heavy atom. The van der Waals surface area contributed by atoms with E-state index in [-0.39, 0.29) is 12.3 Å².